The monoisotopic (exact) mass is 398 g/mol. The van der Waals surface area contributed by atoms with Crippen LogP contribution in [0.2, 0.25) is 0 Å². The lowest BCUT2D eigenvalue weighted by Crippen LogP contribution is -2.50. The van der Waals surface area contributed by atoms with Crippen LogP contribution in [0.3, 0.4) is 0 Å². The van der Waals surface area contributed by atoms with Crippen molar-refractivity contribution in [2.24, 2.45) is 0 Å². The first-order valence-corrected chi connectivity index (χ1v) is 8.77. The first-order valence-electron chi connectivity index (χ1n) is 8.77. The summed E-state index contributed by atoms with van der Waals surface area (Å²) in [6.07, 6.45) is 4.00. The van der Waals surface area contributed by atoms with Crippen molar-refractivity contribution in [2.75, 3.05) is 13.1 Å². The lowest BCUT2D eigenvalue weighted by molar-refractivity contribution is 0.0924. The highest BCUT2D eigenvalue weighted by atomic mass is 35.5. The molecule has 2 atom stereocenters. The maximum atomic E-state index is 13.6. The van der Waals surface area contributed by atoms with E-state index in [4.69, 9.17) is 0 Å². The summed E-state index contributed by atoms with van der Waals surface area (Å²) in [7, 11) is 0. The molecule has 2 aromatic rings. The van der Waals surface area contributed by atoms with E-state index in [1.807, 2.05) is 20.8 Å². The average molecular weight is 399 g/mol. The third-order valence-corrected chi connectivity index (χ3v) is 4.70. The molecule has 1 aromatic carbocycles. The number of aromatic nitrogens is 2. The lowest BCUT2D eigenvalue weighted by atomic mass is 9.86. The molecule has 1 aliphatic rings. The van der Waals surface area contributed by atoms with Gasteiger partial charge in [-0.25, -0.2) is 8.78 Å². The van der Waals surface area contributed by atoms with E-state index in [2.05, 4.69) is 15.7 Å². The number of amides is 1. The van der Waals surface area contributed by atoms with Crippen LogP contribution in [0, 0.1) is 11.6 Å². The van der Waals surface area contributed by atoms with Gasteiger partial charge in [-0.2, -0.15) is 5.10 Å². The molecule has 1 aromatic heterocycles. The second-order valence-corrected chi connectivity index (χ2v) is 7.70. The Morgan fingerprint density at radius 1 is 1.30 bits per heavy atom. The summed E-state index contributed by atoms with van der Waals surface area (Å²) in [5, 5.41) is 10.5. The molecule has 1 amide bonds. The summed E-state index contributed by atoms with van der Waals surface area (Å²) in [4.78, 5) is 12.6. The molecule has 1 fully saturated rings. The molecule has 0 aliphatic carbocycles. The van der Waals surface area contributed by atoms with Gasteiger partial charge in [0.05, 0.1) is 17.3 Å². The van der Waals surface area contributed by atoms with Crippen molar-refractivity contribution >= 4 is 18.3 Å². The van der Waals surface area contributed by atoms with Gasteiger partial charge in [0, 0.05) is 24.7 Å². The summed E-state index contributed by atoms with van der Waals surface area (Å²) in [5.74, 6) is -2.02. The zero-order chi connectivity index (χ0) is 18.9. The van der Waals surface area contributed by atoms with Crippen molar-refractivity contribution < 1.29 is 13.6 Å². The molecule has 0 spiro atoms. The van der Waals surface area contributed by atoms with Gasteiger partial charge in [0.25, 0.3) is 5.91 Å². The number of hydrogen-bond acceptors (Lipinski definition) is 3. The third kappa shape index (κ3) is 4.84. The van der Waals surface area contributed by atoms with Gasteiger partial charge in [0.1, 0.15) is 0 Å². The van der Waals surface area contributed by atoms with E-state index in [-0.39, 0.29) is 35.8 Å². The Hall–Kier alpha value is -1.99. The van der Waals surface area contributed by atoms with Crippen LogP contribution in [0.4, 0.5) is 8.78 Å². The molecule has 0 saturated carbocycles. The number of nitrogens with one attached hydrogen (secondary N) is 2. The Balaban J connectivity index is 0.00000261. The minimum absolute atomic E-state index is 0. The fourth-order valence-electron chi connectivity index (χ4n) is 3.21. The second kappa shape index (κ2) is 8.35. The van der Waals surface area contributed by atoms with Gasteiger partial charge in [0.15, 0.2) is 11.6 Å². The maximum Gasteiger partial charge on any atom is 0.254 e. The van der Waals surface area contributed by atoms with Crippen LogP contribution in [0.5, 0.6) is 0 Å². The highest BCUT2D eigenvalue weighted by Gasteiger charge is 2.29. The molecular formula is C19H25ClF2N4O. The molecule has 2 heterocycles. The minimum atomic E-state index is -0.863. The lowest BCUT2D eigenvalue weighted by Gasteiger charge is -2.33. The molecular weight excluding hydrogens is 374 g/mol. The quantitative estimate of drug-likeness (QED) is 0.834. The van der Waals surface area contributed by atoms with Gasteiger partial charge in [-0.1, -0.05) is 6.07 Å². The number of rotatable bonds is 3. The summed E-state index contributed by atoms with van der Waals surface area (Å²) in [6.45, 7) is 7.35. The molecule has 3 rings (SSSR count). The van der Waals surface area contributed by atoms with E-state index in [9.17, 15) is 13.6 Å². The number of halogens is 3. The highest BCUT2D eigenvalue weighted by Crippen LogP contribution is 2.27. The van der Waals surface area contributed by atoms with Crippen molar-refractivity contribution in [2.45, 2.75) is 44.7 Å². The first kappa shape index (κ1) is 21.3. The Labute approximate surface area is 163 Å². The van der Waals surface area contributed by atoms with Crippen LogP contribution >= 0.6 is 12.4 Å². The second-order valence-electron chi connectivity index (χ2n) is 7.70. The van der Waals surface area contributed by atoms with Gasteiger partial charge >= 0.3 is 0 Å². The summed E-state index contributed by atoms with van der Waals surface area (Å²) in [5.41, 5.74) is 0.967. The number of nitrogens with zero attached hydrogens (tertiary/aromatic N) is 2. The van der Waals surface area contributed by atoms with Crippen molar-refractivity contribution in [3.63, 3.8) is 0 Å². The summed E-state index contributed by atoms with van der Waals surface area (Å²) >= 11 is 0. The largest absolute Gasteiger partial charge is 0.347 e. The Morgan fingerprint density at radius 2 is 2.04 bits per heavy atom. The van der Waals surface area contributed by atoms with E-state index in [1.54, 1.807) is 23.1 Å². The standard InChI is InChI=1S/C19H24F2N4O.ClH/c1-19(2,3)25-11-13(9-23-25)18(26)24-17-10-22-7-6-14(17)12-4-5-15(20)16(21)8-12;/h4-5,8-9,11,14,17,22H,6-7,10H2,1-3H3,(H,24,26);1H. The predicted molar refractivity (Wildman–Crippen MR) is 102 cm³/mol. The van der Waals surface area contributed by atoms with Gasteiger partial charge in [0.2, 0.25) is 0 Å². The average Bonchev–Trinajstić information content (AvgIpc) is 3.08. The van der Waals surface area contributed by atoms with Gasteiger partial charge in [-0.05, 0) is 51.4 Å². The molecule has 1 saturated heterocycles. The number of piperidine rings is 1. The minimum Gasteiger partial charge on any atom is -0.347 e. The fourth-order valence-corrected chi connectivity index (χ4v) is 3.21. The number of benzene rings is 1. The Bertz CT molecular complexity index is 803. The SMILES string of the molecule is CC(C)(C)n1cc(C(=O)NC2CNCCC2c2ccc(F)c(F)c2)cn1.Cl. The number of hydrogen-bond donors (Lipinski definition) is 2. The van der Waals surface area contributed by atoms with E-state index >= 15 is 0 Å². The van der Waals surface area contributed by atoms with Crippen LogP contribution in [0.25, 0.3) is 0 Å². The van der Waals surface area contributed by atoms with Gasteiger partial charge in [-0.15, -0.1) is 12.4 Å². The zero-order valence-corrected chi connectivity index (χ0v) is 16.4. The summed E-state index contributed by atoms with van der Waals surface area (Å²) < 4.78 is 28.6. The van der Waals surface area contributed by atoms with Gasteiger partial charge < -0.3 is 10.6 Å². The maximum absolute atomic E-state index is 13.6. The van der Waals surface area contributed by atoms with E-state index in [0.29, 0.717) is 17.7 Å². The van der Waals surface area contributed by atoms with Gasteiger partial charge in [-0.3, -0.25) is 9.48 Å². The highest BCUT2D eigenvalue weighted by molar-refractivity contribution is 5.94. The Morgan fingerprint density at radius 3 is 2.67 bits per heavy atom. The van der Waals surface area contributed by atoms with Crippen molar-refractivity contribution in [1.29, 1.82) is 0 Å². The molecule has 0 bridgehead atoms. The normalized spacial score (nSPS) is 20.0. The van der Waals surface area contributed by atoms with E-state index < -0.39 is 11.6 Å². The molecule has 27 heavy (non-hydrogen) atoms. The van der Waals surface area contributed by atoms with Crippen LogP contribution in [0.1, 0.15) is 49.0 Å². The van der Waals surface area contributed by atoms with E-state index in [1.165, 1.54) is 6.07 Å². The molecule has 1 aliphatic heterocycles. The molecule has 0 radical (unpaired) electrons. The topological polar surface area (TPSA) is 59.0 Å². The zero-order valence-electron chi connectivity index (χ0n) is 15.6. The molecule has 2 unspecified atom stereocenters. The number of carbonyl (C=O) groups is 1. The van der Waals surface area contributed by atoms with Crippen LogP contribution < -0.4 is 10.6 Å². The predicted octanol–water partition coefficient (Wildman–Crippen LogP) is 3.21. The molecule has 8 heteroatoms. The third-order valence-electron chi connectivity index (χ3n) is 4.70. The molecule has 148 valence electrons. The first-order chi connectivity index (χ1) is 12.3. The Kier molecular flexibility index (Phi) is 6.59. The van der Waals surface area contributed by atoms with Crippen LogP contribution in [0.15, 0.2) is 30.6 Å². The van der Waals surface area contributed by atoms with E-state index in [0.717, 1.165) is 19.0 Å². The van der Waals surface area contributed by atoms with Crippen molar-refractivity contribution in [1.82, 2.24) is 20.4 Å². The number of carbonyl (C=O) groups excluding carboxylic acids is 1. The van der Waals surface area contributed by atoms with Crippen LogP contribution in [-0.2, 0) is 5.54 Å². The molecule has 2 N–H and O–H groups in total. The van der Waals surface area contributed by atoms with Crippen molar-refractivity contribution in [3.05, 3.63) is 53.4 Å². The van der Waals surface area contributed by atoms with Crippen molar-refractivity contribution in [3.8, 4) is 0 Å². The summed E-state index contributed by atoms with van der Waals surface area (Å²) in [6, 6.07) is 3.74. The molecule has 5 nitrogen and oxygen atoms in total. The smallest absolute Gasteiger partial charge is 0.254 e. The van der Waals surface area contributed by atoms with Crippen LogP contribution in [-0.4, -0.2) is 34.8 Å². The fraction of sp³-hybridized carbons (Fsp3) is 0.474.